The van der Waals surface area contributed by atoms with Crippen LogP contribution in [-0.2, 0) is 9.32 Å². The van der Waals surface area contributed by atoms with E-state index in [0.29, 0.717) is 19.4 Å². The van der Waals surface area contributed by atoms with E-state index in [0.717, 1.165) is 0 Å². The highest BCUT2D eigenvalue weighted by Crippen LogP contribution is 2.34. The third-order valence-electron chi connectivity index (χ3n) is 1.35. The maximum absolute atomic E-state index is 10.7. The fourth-order valence-corrected chi connectivity index (χ4v) is 1.14. The fourth-order valence-electron chi connectivity index (χ4n) is 0.722. The van der Waals surface area contributed by atoms with Crippen molar-refractivity contribution in [2.75, 3.05) is 13.2 Å². The molecule has 0 unspecified atom stereocenters. The number of amides is 1. The Labute approximate surface area is 83.6 Å². The van der Waals surface area contributed by atoms with Crippen LogP contribution in [0.4, 0.5) is 0 Å². The molecule has 0 aliphatic carbocycles. The Morgan fingerprint density at radius 2 is 2.14 bits per heavy atom. The molecule has 0 spiro atoms. The Kier molecular flexibility index (Phi) is 6.49. The summed E-state index contributed by atoms with van der Waals surface area (Å²) in [6, 6.07) is 0. The average Bonchev–Trinajstić information content (AvgIpc) is 2.08. The van der Waals surface area contributed by atoms with E-state index in [1.165, 1.54) is 6.08 Å². The molecule has 1 amide bonds. The number of hydrogen-bond donors (Lipinski definition) is 3. The van der Waals surface area contributed by atoms with Gasteiger partial charge in [0.2, 0.25) is 13.5 Å². The first-order valence-corrected chi connectivity index (χ1v) is 5.99. The summed E-state index contributed by atoms with van der Waals surface area (Å²) in [6.07, 6.45) is 5.59. The Morgan fingerprint density at radius 1 is 1.50 bits per heavy atom. The van der Waals surface area contributed by atoms with Crippen molar-refractivity contribution in [3.05, 3.63) is 12.7 Å². The lowest BCUT2D eigenvalue weighted by Crippen LogP contribution is -2.21. The summed E-state index contributed by atoms with van der Waals surface area (Å²) in [5.41, 5.74) is 0. The summed E-state index contributed by atoms with van der Waals surface area (Å²) in [6.45, 7) is 4.05. The molecule has 0 aliphatic rings. The zero-order valence-corrected chi connectivity index (χ0v) is 8.87. The van der Waals surface area contributed by atoms with E-state index in [4.69, 9.17) is 9.79 Å². The number of rotatable bonds is 7. The van der Waals surface area contributed by atoms with Gasteiger partial charge in [0, 0.05) is 6.54 Å². The Bertz CT molecular complexity index is 235. The molecule has 0 radical (unpaired) electrons. The lowest BCUT2D eigenvalue weighted by atomic mass is 10.3. The maximum atomic E-state index is 10.7. The van der Waals surface area contributed by atoms with Crippen LogP contribution in [0.15, 0.2) is 12.7 Å². The monoisotopic (exact) mass is 221 g/mol. The second-order valence-electron chi connectivity index (χ2n) is 2.70. The summed E-state index contributed by atoms with van der Waals surface area (Å²) in [5.74, 6) is -0.214. The first-order chi connectivity index (χ1) is 6.45. The molecule has 0 heterocycles. The number of nitrogens with one attached hydrogen (secondary N) is 1. The number of hydrogen-bond acceptors (Lipinski definition) is 4. The summed E-state index contributed by atoms with van der Waals surface area (Å²) in [4.78, 5) is 28.2. The Balaban J connectivity index is 3.27. The molecule has 14 heavy (non-hydrogen) atoms. The van der Waals surface area contributed by atoms with E-state index < -0.39 is 7.57 Å². The topological polar surface area (TPSA) is 78.8 Å². The molecule has 0 aromatic carbocycles. The zero-order valence-electron chi connectivity index (χ0n) is 7.98. The summed E-state index contributed by atoms with van der Waals surface area (Å²) in [7, 11) is -3.34. The molecule has 0 saturated heterocycles. The molecule has 6 heteroatoms. The third kappa shape index (κ3) is 9.48. The van der Waals surface area contributed by atoms with Crippen molar-refractivity contribution in [1.29, 1.82) is 0 Å². The fraction of sp³-hybridized carbons (Fsp3) is 0.500. The van der Waals surface area contributed by atoms with Crippen molar-refractivity contribution in [3.63, 3.8) is 0 Å². The van der Waals surface area contributed by atoms with Crippen LogP contribution in [0, 0.1) is 0 Å². The highest BCUT2D eigenvalue weighted by molar-refractivity contribution is 7.57. The lowest BCUT2D eigenvalue weighted by molar-refractivity contribution is -0.116. The first-order valence-electron chi connectivity index (χ1n) is 4.19. The summed E-state index contributed by atoms with van der Waals surface area (Å²) < 4.78 is 4.64. The van der Waals surface area contributed by atoms with Gasteiger partial charge < -0.3 is 19.6 Å². The first kappa shape index (κ1) is 13.4. The van der Waals surface area contributed by atoms with Gasteiger partial charge in [0.05, 0.1) is 6.61 Å². The van der Waals surface area contributed by atoms with E-state index in [1.54, 1.807) is 0 Å². The number of unbranched alkanes of at least 4 members (excludes halogenated alkanes) is 1. The van der Waals surface area contributed by atoms with Crippen LogP contribution < -0.4 is 5.32 Å². The minimum absolute atomic E-state index is 0.214. The van der Waals surface area contributed by atoms with Crippen LogP contribution in [0.5, 0.6) is 0 Å². The van der Waals surface area contributed by atoms with E-state index in [9.17, 15) is 4.79 Å². The standard InChI is InChI=1S/C8H16NO4P/c1-3-8(10)9-6-4-5-7-13-14(2,11)12/h3,11-12H,1-2,4-7H2,(H,9,10). The summed E-state index contributed by atoms with van der Waals surface area (Å²) in [5, 5.41) is 2.59. The van der Waals surface area contributed by atoms with Gasteiger partial charge in [-0.25, -0.2) is 0 Å². The molecule has 0 bridgehead atoms. The molecule has 0 fully saturated rings. The second-order valence-corrected chi connectivity index (χ2v) is 4.29. The largest absolute Gasteiger partial charge is 0.353 e. The second kappa shape index (κ2) is 6.79. The molecular weight excluding hydrogens is 205 g/mol. The summed E-state index contributed by atoms with van der Waals surface area (Å²) >= 11 is 0. The molecule has 0 aliphatic heterocycles. The smallest absolute Gasteiger partial charge is 0.245 e. The van der Waals surface area contributed by atoms with Gasteiger partial charge in [0.15, 0.2) is 0 Å². The zero-order chi connectivity index (χ0) is 11.0. The van der Waals surface area contributed by atoms with E-state index in [1.807, 2.05) is 0 Å². The van der Waals surface area contributed by atoms with Gasteiger partial charge >= 0.3 is 0 Å². The molecule has 0 rings (SSSR count). The van der Waals surface area contributed by atoms with Gasteiger partial charge in [-0.2, -0.15) is 0 Å². The average molecular weight is 221 g/mol. The Hall–Kier alpha value is -0.610. The minimum atomic E-state index is -3.34. The van der Waals surface area contributed by atoms with Crippen LogP contribution in [0.2, 0.25) is 0 Å². The van der Waals surface area contributed by atoms with Gasteiger partial charge in [-0.1, -0.05) is 6.58 Å². The minimum Gasteiger partial charge on any atom is -0.353 e. The van der Waals surface area contributed by atoms with Crippen molar-refractivity contribution >= 4 is 19.8 Å². The predicted molar refractivity (Wildman–Crippen MR) is 56.9 cm³/mol. The van der Waals surface area contributed by atoms with E-state index in [-0.39, 0.29) is 12.5 Å². The van der Waals surface area contributed by atoms with Crippen molar-refractivity contribution in [3.8, 4) is 0 Å². The molecule has 0 aromatic rings. The normalized spacial score (nSPS) is 11.0. The van der Waals surface area contributed by atoms with Crippen LogP contribution >= 0.6 is 7.57 Å². The SMILES string of the molecule is C=CC(=O)NCCCCOP(=C)(O)O. The van der Waals surface area contributed by atoms with Crippen molar-refractivity contribution in [1.82, 2.24) is 5.32 Å². The molecule has 3 N–H and O–H groups in total. The van der Waals surface area contributed by atoms with Crippen LogP contribution in [0.3, 0.4) is 0 Å². The van der Waals surface area contributed by atoms with Crippen molar-refractivity contribution in [2.24, 2.45) is 0 Å². The molecule has 5 nitrogen and oxygen atoms in total. The van der Waals surface area contributed by atoms with Gasteiger partial charge in [0.25, 0.3) is 0 Å². The molecule has 0 saturated carbocycles. The predicted octanol–water partition coefficient (Wildman–Crippen LogP) is 0.265. The van der Waals surface area contributed by atoms with E-state index in [2.05, 4.69) is 22.7 Å². The quantitative estimate of drug-likeness (QED) is 0.327. The molecule has 0 atom stereocenters. The van der Waals surface area contributed by atoms with Crippen LogP contribution in [-0.4, -0.2) is 35.1 Å². The number of carbonyl (C=O) groups is 1. The number of carbonyl (C=O) groups excluding carboxylic acids is 1. The van der Waals surface area contributed by atoms with Crippen molar-refractivity contribution in [2.45, 2.75) is 12.8 Å². The van der Waals surface area contributed by atoms with E-state index >= 15 is 0 Å². The molecule has 0 aromatic heterocycles. The highest BCUT2D eigenvalue weighted by atomic mass is 31.2. The van der Waals surface area contributed by atoms with Gasteiger partial charge in [0.1, 0.15) is 0 Å². The van der Waals surface area contributed by atoms with Gasteiger partial charge in [-0.15, -0.1) is 0 Å². The molecular formula is C8H16NO4P. The van der Waals surface area contributed by atoms with Gasteiger partial charge in [-0.05, 0) is 25.2 Å². The molecule has 82 valence electrons. The maximum Gasteiger partial charge on any atom is 0.245 e. The van der Waals surface area contributed by atoms with Crippen LogP contribution in [0.1, 0.15) is 12.8 Å². The van der Waals surface area contributed by atoms with Crippen LogP contribution in [0.25, 0.3) is 0 Å². The van der Waals surface area contributed by atoms with Crippen molar-refractivity contribution < 1.29 is 19.1 Å². The Morgan fingerprint density at radius 3 is 2.64 bits per heavy atom. The third-order valence-corrected chi connectivity index (χ3v) is 1.95. The highest BCUT2D eigenvalue weighted by Gasteiger charge is 2.02. The van der Waals surface area contributed by atoms with Gasteiger partial charge in [-0.3, -0.25) is 4.79 Å². The lowest BCUT2D eigenvalue weighted by Gasteiger charge is -2.09.